The lowest BCUT2D eigenvalue weighted by Gasteiger charge is -2.48. The van der Waals surface area contributed by atoms with Gasteiger partial charge in [-0.3, -0.25) is 15.4 Å². The van der Waals surface area contributed by atoms with Crippen molar-refractivity contribution in [3.63, 3.8) is 0 Å². The molecular weight excluding hydrogens is 285 g/mol. The van der Waals surface area contributed by atoms with E-state index in [1.54, 1.807) is 17.0 Å². The Morgan fingerprint density at radius 2 is 1.91 bits per heavy atom. The normalized spacial score (nSPS) is 28.5. The average Bonchev–Trinajstić information content (AvgIpc) is 2.47. The highest BCUT2D eigenvalue weighted by Gasteiger charge is 2.48. The Morgan fingerprint density at radius 3 is 2.55 bits per heavy atom. The lowest BCUT2D eigenvalue weighted by atomic mass is 9.77. The Hall–Kier alpha value is -1.95. The molecular formula is C16H20FN3O2. The van der Waals surface area contributed by atoms with Gasteiger partial charge in [-0.15, -0.1) is 0 Å². The van der Waals surface area contributed by atoms with Gasteiger partial charge in [0.2, 0.25) is 5.91 Å². The van der Waals surface area contributed by atoms with Crippen molar-refractivity contribution in [3.05, 3.63) is 35.6 Å². The van der Waals surface area contributed by atoms with E-state index in [2.05, 4.69) is 10.6 Å². The summed E-state index contributed by atoms with van der Waals surface area (Å²) < 4.78 is 13.1. The van der Waals surface area contributed by atoms with Crippen LogP contribution in [0.25, 0.3) is 0 Å². The van der Waals surface area contributed by atoms with Crippen LogP contribution in [0.4, 0.5) is 9.18 Å². The predicted molar refractivity (Wildman–Crippen MR) is 79.6 cm³/mol. The van der Waals surface area contributed by atoms with E-state index in [4.69, 9.17) is 0 Å². The standard InChI is InChI=1S/C16H20FN3O2/c1-9(2)20-14-13(15(21)19-16(20)22)12(7-8-18-14)10-3-5-11(17)6-4-10/h3-6,9,12-14,18H,7-8H2,1-2H3,(H,19,21,22). The van der Waals surface area contributed by atoms with Crippen LogP contribution < -0.4 is 10.6 Å². The number of urea groups is 1. The molecule has 22 heavy (non-hydrogen) atoms. The van der Waals surface area contributed by atoms with Crippen LogP contribution in [0.15, 0.2) is 24.3 Å². The van der Waals surface area contributed by atoms with Gasteiger partial charge in [-0.25, -0.2) is 9.18 Å². The minimum atomic E-state index is -0.362. The number of nitrogens with one attached hydrogen (secondary N) is 2. The zero-order valence-electron chi connectivity index (χ0n) is 12.7. The fourth-order valence-corrected chi connectivity index (χ4v) is 3.53. The Labute approximate surface area is 128 Å². The van der Waals surface area contributed by atoms with Crippen molar-refractivity contribution >= 4 is 11.9 Å². The molecule has 5 nitrogen and oxygen atoms in total. The summed E-state index contributed by atoms with van der Waals surface area (Å²) in [6.07, 6.45) is 0.463. The van der Waals surface area contributed by atoms with Gasteiger partial charge in [0.1, 0.15) is 5.82 Å². The van der Waals surface area contributed by atoms with Gasteiger partial charge in [-0.1, -0.05) is 12.1 Å². The highest BCUT2D eigenvalue weighted by Crippen LogP contribution is 2.37. The molecule has 3 atom stereocenters. The van der Waals surface area contributed by atoms with Crippen molar-refractivity contribution in [2.45, 2.75) is 38.4 Å². The van der Waals surface area contributed by atoms with Gasteiger partial charge in [0.15, 0.2) is 0 Å². The van der Waals surface area contributed by atoms with E-state index in [1.807, 2.05) is 13.8 Å². The third-order valence-corrected chi connectivity index (χ3v) is 4.50. The van der Waals surface area contributed by atoms with E-state index < -0.39 is 0 Å². The first-order valence-corrected chi connectivity index (χ1v) is 7.61. The SMILES string of the molecule is CC(C)N1C(=O)NC(=O)C2C(c3ccc(F)cc3)CCNC21. The first-order valence-electron chi connectivity index (χ1n) is 7.61. The molecule has 0 bridgehead atoms. The van der Waals surface area contributed by atoms with Crippen molar-refractivity contribution in [1.29, 1.82) is 0 Å². The lowest BCUT2D eigenvalue weighted by molar-refractivity contribution is -0.131. The number of halogens is 1. The molecule has 0 radical (unpaired) electrons. The topological polar surface area (TPSA) is 61.4 Å². The second-order valence-corrected chi connectivity index (χ2v) is 6.17. The molecule has 1 aromatic rings. The minimum absolute atomic E-state index is 0.0138. The van der Waals surface area contributed by atoms with Gasteiger partial charge in [0.25, 0.3) is 0 Å². The highest BCUT2D eigenvalue weighted by molar-refractivity contribution is 5.99. The molecule has 1 aromatic carbocycles. The van der Waals surface area contributed by atoms with E-state index in [9.17, 15) is 14.0 Å². The quantitative estimate of drug-likeness (QED) is 0.876. The maximum atomic E-state index is 13.1. The predicted octanol–water partition coefficient (Wildman–Crippen LogP) is 1.81. The number of benzene rings is 1. The first-order chi connectivity index (χ1) is 10.5. The summed E-state index contributed by atoms with van der Waals surface area (Å²) in [5.41, 5.74) is 0.936. The molecule has 2 heterocycles. The maximum Gasteiger partial charge on any atom is 0.325 e. The van der Waals surface area contributed by atoms with Gasteiger partial charge < -0.3 is 4.90 Å². The molecule has 6 heteroatoms. The van der Waals surface area contributed by atoms with Crippen LogP contribution in [0, 0.1) is 11.7 Å². The number of hydrogen-bond acceptors (Lipinski definition) is 3. The molecule has 118 valence electrons. The van der Waals surface area contributed by atoms with Gasteiger partial charge in [-0.2, -0.15) is 0 Å². The molecule has 2 aliphatic rings. The van der Waals surface area contributed by atoms with Crippen molar-refractivity contribution in [1.82, 2.24) is 15.5 Å². The summed E-state index contributed by atoms with van der Waals surface area (Å²) >= 11 is 0. The van der Waals surface area contributed by atoms with Gasteiger partial charge in [0.05, 0.1) is 12.1 Å². The molecule has 0 aliphatic carbocycles. The van der Waals surface area contributed by atoms with Crippen molar-refractivity contribution < 1.29 is 14.0 Å². The molecule has 0 spiro atoms. The highest BCUT2D eigenvalue weighted by atomic mass is 19.1. The van der Waals surface area contributed by atoms with Crippen molar-refractivity contribution in [3.8, 4) is 0 Å². The van der Waals surface area contributed by atoms with E-state index in [0.29, 0.717) is 6.54 Å². The number of amides is 3. The molecule has 2 fully saturated rings. The molecule has 3 unspecified atom stereocenters. The Bertz CT molecular complexity index is 588. The van der Waals surface area contributed by atoms with Crippen LogP contribution in [0.3, 0.4) is 0 Å². The summed E-state index contributed by atoms with van der Waals surface area (Å²) in [6.45, 7) is 4.57. The molecule has 2 aliphatic heterocycles. The summed E-state index contributed by atoms with van der Waals surface area (Å²) in [4.78, 5) is 26.2. The van der Waals surface area contributed by atoms with Crippen LogP contribution >= 0.6 is 0 Å². The number of hydrogen-bond donors (Lipinski definition) is 2. The first kappa shape index (κ1) is 15.0. The van der Waals surface area contributed by atoms with E-state index in [0.717, 1.165) is 12.0 Å². The molecule has 0 saturated carbocycles. The molecule has 3 amide bonds. The van der Waals surface area contributed by atoms with Gasteiger partial charge in [0, 0.05) is 12.0 Å². The summed E-state index contributed by atoms with van der Waals surface area (Å²) in [5, 5.41) is 5.75. The summed E-state index contributed by atoms with van der Waals surface area (Å²) in [6, 6.07) is 5.92. The lowest BCUT2D eigenvalue weighted by Crippen LogP contribution is -2.69. The third-order valence-electron chi connectivity index (χ3n) is 4.50. The second-order valence-electron chi connectivity index (χ2n) is 6.17. The maximum absolute atomic E-state index is 13.1. The molecule has 0 aromatic heterocycles. The van der Waals surface area contributed by atoms with Crippen LogP contribution in [-0.2, 0) is 4.79 Å². The number of imide groups is 1. The van der Waals surface area contributed by atoms with E-state index in [1.165, 1.54) is 12.1 Å². The number of piperidine rings is 1. The van der Waals surface area contributed by atoms with E-state index >= 15 is 0 Å². The number of nitrogens with zero attached hydrogens (tertiary/aromatic N) is 1. The summed E-state index contributed by atoms with van der Waals surface area (Å²) in [7, 11) is 0. The molecule has 3 rings (SSSR count). The summed E-state index contributed by atoms with van der Waals surface area (Å²) in [5.74, 6) is -0.935. The van der Waals surface area contributed by atoms with Crippen LogP contribution in [0.1, 0.15) is 31.7 Å². The Morgan fingerprint density at radius 1 is 1.23 bits per heavy atom. The average molecular weight is 305 g/mol. The largest absolute Gasteiger partial charge is 0.325 e. The second kappa shape index (κ2) is 5.68. The number of carbonyl (C=O) groups excluding carboxylic acids is 2. The number of fused-ring (bicyclic) bond motifs is 1. The number of carbonyl (C=O) groups is 2. The van der Waals surface area contributed by atoms with Gasteiger partial charge in [-0.05, 0) is 44.5 Å². The van der Waals surface area contributed by atoms with Crippen LogP contribution in [-0.4, -0.2) is 35.6 Å². The van der Waals surface area contributed by atoms with Gasteiger partial charge >= 0.3 is 6.03 Å². The van der Waals surface area contributed by atoms with Crippen LogP contribution in [0.5, 0.6) is 0 Å². The minimum Gasteiger partial charge on any atom is -0.306 e. The molecule has 2 saturated heterocycles. The zero-order valence-corrected chi connectivity index (χ0v) is 12.7. The monoisotopic (exact) mass is 305 g/mol. The van der Waals surface area contributed by atoms with Crippen molar-refractivity contribution in [2.24, 2.45) is 5.92 Å². The van der Waals surface area contributed by atoms with Crippen LogP contribution in [0.2, 0.25) is 0 Å². The Balaban J connectivity index is 1.95. The fraction of sp³-hybridized carbons (Fsp3) is 0.500. The fourth-order valence-electron chi connectivity index (χ4n) is 3.53. The molecule has 2 N–H and O–H groups in total. The van der Waals surface area contributed by atoms with E-state index in [-0.39, 0.29) is 41.8 Å². The Kier molecular flexibility index (Phi) is 3.87. The smallest absolute Gasteiger partial charge is 0.306 e. The third kappa shape index (κ3) is 2.47. The number of rotatable bonds is 2. The zero-order chi connectivity index (χ0) is 15.9. The van der Waals surface area contributed by atoms with Crippen molar-refractivity contribution in [2.75, 3.05) is 6.54 Å².